The highest BCUT2D eigenvalue weighted by Crippen LogP contribution is 2.81. The molecule has 2 rings (SSSR count). The Morgan fingerprint density at radius 1 is 1.11 bits per heavy atom. The molecular formula is C5H10F4N3O3P3. The van der Waals surface area contributed by atoms with Crippen molar-refractivity contribution in [2.75, 3.05) is 19.8 Å². The van der Waals surface area contributed by atoms with Gasteiger partial charge in [0.05, 0.1) is 19.8 Å². The van der Waals surface area contributed by atoms with Crippen molar-refractivity contribution in [1.82, 2.24) is 0 Å². The Morgan fingerprint density at radius 3 is 2.22 bits per heavy atom. The van der Waals surface area contributed by atoms with E-state index in [9.17, 15) is 16.8 Å². The fourth-order valence-electron chi connectivity index (χ4n) is 1.11. The van der Waals surface area contributed by atoms with Crippen LogP contribution in [-0.2, 0) is 13.8 Å². The summed E-state index contributed by atoms with van der Waals surface area (Å²) in [5, 5.41) is 0. The normalized spacial score (nSPS) is 36.2. The predicted octanol–water partition coefficient (Wildman–Crippen LogP) is 5.17. The number of hydrogen-bond donors (Lipinski definition) is 0. The lowest BCUT2D eigenvalue weighted by molar-refractivity contribution is 0.224. The molecule has 1 fully saturated rings. The maximum Gasteiger partial charge on any atom is 0.425 e. The van der Waals surface area contributed by atoms with E-state index in [1.165, 1.54) is 6.92 Å². The van der Waals surface area contributed by atoms with Gasteiger partial charge in [-0.05, 0) is 6.92 Å². The molecule has 0 saturated carbocycles. The summed E-state index contributed by atoms with van der Waals surface area (Å²) < 4.78 is 75.3. The second-order valence-electron chi connectivity index (χ2n) is 3.34. The third-order valence-electron chi connectivity index (χ3n) is 1.78. The van der Waals surface area contributed by atoms with E-state index >= 15 is 0 Å². The number of rotatable bonds is 5. The first kappa shape index (κ1) is 14.7. The lowest BCUT2D eigenvalue weighted by atomic mass is 10.5. The molecule has 6 nitrogen and oxygen atoms in total. The van der Waals surface area contributed by atoms with Gasteiger partial charge in [0.1, 0.15) is 6.10 Å². The topological polar surface area (TPSA) is 68.1 Å². The van der Waals surface area contributed by atoms with Gasteiger partial charge in [0.2, 0.25) is 0 Å². The number of ether oxygens (including phenoxy) is 1. The van der Waals surface area contributed by atoms with Crippen LogP contribution in [0.1, 0.15) is 6.92 Å². The number of nitrogens with zero attached hydrogens (tertiary/aromatic N) is 3. The molecule has 106 valence electrons. The smallest absolute Gasteiger partial charge is 0.371 e. The monoisotopic (exact) mass is 329 g/mol. The van der Waals surface area contributed by atoms with E-state index in [0.29, 0.717) is 6.61 Å². The fourth-order valence-corrected chi connectivity index (χ4v) is 7.31. The summed E-state index contributed by atoms with van der Waals surface area (Å²) in [5.41, 5.74) is 0. The average Bonchev–Trinajstić information content (AvgIpc) is 2.92. The van der Waals surface area contributed by atoms with Gasteiger partial charge in [0.15, 0.2) is 0 Å². The first-order valence-corrected chi connectivity index (χ1v) is 9.35. The van der Waals surface area contributed by atoms with Crippen molar-refractivity contribution in [2.24, 2.45) is 13.5 Å². The Hall–Kier alpha value is 0.290. The van der Waals surface area contributed by atoms with Gasteiger partial charge in [-0.15, -0.1) is 30.3 Å². The van der Waals surface area contributed by atoms with Gasteiger partial charge in [-0.25, -0.2) is 0 Å². The zero-order valence-electron chi connectivity index (χ0n) is 9.12. The lowest BCUT2D eigenvalue weighted by Gasteiger charge is -2.22. The van der Waals surface area contributed by atoms with Crippen LogP contribution in [0.25, 0.3) is 0 Å². The molecule has 0 aliphatic carbocycles. The molecule has 0 amide bonds. The maximum atomic E-state index is 13.2. The molecule has 2 aliphatic heterocycles. The van der Waals surface area contributed by atoms with Crippen LogP contribution in [0.2, 0.25) is 0 Å². The number of epoxide rings is 1. The third kappa shape index (κ3) is 3.89. The van der Waals surface area contributed by atoms with Crippen LogP contribution in [-0.4, -0.2) is 25.9 Å². The largest absolute Gasteiger partial charge is 0.425 e. The highest BCUT2D eigenvalue weighted by atomic mass is 31.3. The van der Waals surface area contributed by atoms with Crippen LogP contribution in [0.15, 0.2) is 13.5 Å². The molecule has 2 unspecified atom stereocenters. The molecule has 0 spiro atoms. The first-order valence-electron chi connectivity index (χ1n) is 4.87. The van der Waals surface area contributed by atoms with Crippen LogP contribution >= 0.6 is 23.3 Å². The second-order valence-corrected chi connectivity index (χ2v) is 8.81. The van der Waals surface area contributed by atoms with Gasteiger partial charge in [0, 0.05) is 0 Å². The lowest BCUT2D eigenvalue weighted by Crippen LogP contribution is -2.01. The van der Waals surface area contributed by atoms with E-state index < -0.39 is 23.3 Å². The van der Waals surface area contributed by atoms with E-state index in [4.69, 9.17) is 13.8 Å². The van der Waals surface area contributed by atoms with Gasteiger partial charge < -0.3 is 13.8 Å². The van der Waals surface area contributed by atoms with Gasteiger partial charge in [-0.2, -0.15) is 0 Å². The standard InChI is InChI=1S/C5H10F4N3O3P3/c1-2-14-18(15-4-5-3-13-5)11-16(6,7)10-17(8,9)12-18/h5H,2-4H2,1H3. The van der Waals surface area contributed by atoms with Crippen molar-refractivity contribution in [3.8, 4) is 0 Å². The summed E-state index contributed by atoms with van der Waals surface area (Å²) in [6, 6.07) is 0. The first-order chi connectivity index (χ1) is 8.26. The molecule has 0 radical (unpaired) electrons. The maximum absolute atomic E-state index is 13.2. The number of hydrogen-bond acceptors (Lipinski definition) is 6. The molecule has 1 saturated heterocycles. The van der Waals surface area contributed by atoms with E-state index in [0.717, 1.165) is 0 Å². The van der Waals surface area contributed by atoms with Crippen molar-refractivity contribution in [1.29, 1.82) is 0 Å². The van der Waals surface area contributed by atoms with Gasteiger partial charge in [0.25, 0.3) is 0 Å². The van der Waals surface area contributed by atoms with Crippen LogP contribution in [0.4, 0.5) is 16.8 Å². The second kappa shape index (κ2) is 5.00. The fraction of sp³-hybridized carbons (Fsp3) is 1.00. The summed E-state index contributed by atoms with van der Waals surface area (Å²) in [6.07, 6.45) is -0.287. The van der Waals surface area contributed by atoms with Gasteiger partial charge in [-0.1, -0.05) is 0 Å². The van der Waals surface area contributed by atoms with E-state index in [-0.39, 0.29) is 19.3 Å². The zero-order chi connectivity index (χ0) is 13.4. The summed E-state index contributed by atoms with van der Waals surface area (Å²) in [6.45, 7) is 1.61. The third-order valence-corrected chi connectivity index (χ3v) is 8.12. The quantitative estimate of drug-likeness (QED) is 0.397. The molecule has 0 aromatic rings. The molecule has 0 N–H and O–H groups in total. The van der Waals surface area contributed by atoms with Gasteiger partial charge >= 0.3 is 23.3 Å². The SMILES string of the molecule is CCOP1(OCC2CO2)=NP(F)(F)=NP(F)(F)=N1. The number of halogens is 4. The van der Waals surface area contributed by atoms with Gasteiger partial charge in [-0.3, -0.25) is 0 Å². The molecule has 2 atom stereocenters. The Labute approximate surface area is 101 Å². The van der Waals surface area contributed by atoms with Crippen molar-refractivity contribution < 1.29 is 30.6 Å². The molecule has 2 aliphatic rings. The van der Waals surface area contributed by atoms with Crippen molar-refractivity contribution >= 4 is 23.3 Å². The van der Waals surface area contributed by atoms with E-state index in [1.807, 2.05) is 0 Å². The van der Waals surface area contributed by atoms with Crippen LogP contribution < -0.4 is 0 Å². The zero-order valence-corrected chi connectivity index (χ0v) is 11.8. The minimum Gasteiger partial charge on any atom is -0.371 e. The average molecular weight is 329 g/mol. The summed E-state index contributed by atoms with van der Waals surface area (Å²) in [5.74, 6) is 0. The predicted molar refractivity (Wildman–Crippen MR) is 59.8 cm³/mol. The Balaban J connectivity index is 2.36. The minimum atomic E-state index is -5.43. The summed E-state index contributed by atoms with van der Waals surface area (Å²) >= 11 is 0. The van der Waals surface area contributed by atoms with Crippen LogP contribution in [0, 0.1) is 0 Å². The minimum absolute atomic E-state index is 0.105. The molecule has 0 aromatic carbocycles. The molecule has 0 bridgehead atoms. The van der Waals surface area contributed by atoms with E-state index in [2.05, 4.69) is 13.5 Å². The summed E-state index contributed by atoms with van der Waals surface area (Å²) in [4.78, 5) is 0. The van der Waals surface area contributed by atoms with E-state index in [1.54, 1.807) is 0 Å². The highest BCUT2D eigenvalue weighted by molar-refractivity contribution is 7.77. The highest BCUT2D eigenvalue weighted by Gasteiger charge is 2.41. The van der Waals surface area contributed by atoms with Crippen LogP contribution in [0.5, 0.6) is 0 Å². The molecule has 0 aromatic heterocycles. The Morgan fingerprint density at radius 2 is 1.72 bits per heavy atom. The molecular weight excluding hydrogens is 319 g/mol. The Bertz CT molecular complexity index is 488. The van der Waals surface area contributed by atoms with Crippen molar-refractivity contribution in [3.63, 3.8) is 0 Å². The van der Waals surface area contributed by atoms with Crippen molar-refractivity contribution in [2.45, 2.75) is 13.0 Å². The summed E-state index contributed by atoms with van der Waals surface area (Å²) in [7, 11) is -14.8. The molecule has 2 heterocycles. The molecule has 13 heteroatoms. The Kier molecular flexibility index (Phi) is 4.08. The van der Waals surface area contributed by atoms with Crippen LogP contribution in [0.3, 0.4) is 0 Å². The molecule has 18 heavy (non-hydrogen) atoms. The van der Waals surface area contributed by atoms with Crippen molar-refractivity contribution in [3.05, 3.63) is 0 Å².